The lowest BCUT2D eigenvalue weighted by Gasteiger charge is -2.40. The number of piperazine rings is 1. The van der Waals surface area contributed by atoms with Crippen LogP contribution in [0.2, 0.25) is 0 Å². The highest BCUT2D eigenvalue weighted by molar-refractivity contribution is 5.91. The Balaban J connectivity index is 1.21. The van der Waals surface area contributed by atoms with Crippen molar-refractivity contribution >= 4 is 17.7 Å². The number of ether oxygens (including phenoxy) is 3. The fraction of sp³-hybridized carbons (Fsp3) is 0.412. The zero-order valence-electron chi connectivity index (χ0n) is 25.2. The van der Waals surface area contributed by atoms with Gasteiger partial charge in [-0.15, -0.1) is 0 Å². The van der Waals surface area contributed by atoms with Crippen LogP contribution in [0.4, 0.5) is 10.5 Å². The Kier molecular flexibility index (Phi) is 11.3. The van der Waals surface area contributed by atoms with Gasteiger partial charge in [-0.1, -0.05) is 66.7 Å². The fourth-order valence-corrected chi connectivity index (χ4v) is 5.56. The number of carbonyl (C=O) groups excluding carboxylic acids is 2. The van der Waals surface area contributed by atoms with Gasteiger partial charge in [-0.25, -0.2) is 4.79 Å². The standard InChI is InChI=1S/C34H42N4O6/c1-2-42-32(40)21-35-34(41)36-29-14-12-28(13-15-29)33-43-30(20-31(44-33)27-10-8-26(24-39)9-11-27)23-38-18-16-37(17-19-38)22-25-6-4-3-5-7-25/h3-15,30-31,33,39H,2,16-24H2,1H3,(H2,35,36,41)/t30-,31+,33+/m1/s1. The van der Waals surface area contributed by atoms with E-state index in [1.807, 2.05) is 36.4 Å². The molecule has 3 aromatic rings. The van der Waals surface area contributed by atoms with Crippen LogP contribution in [-0.2, 0) is 32.2 Å². The van der Waals surface area contributed by atoms with Crippen LogP contribution >= 0.6 is 0 Å². The number of esters is 1. The first-order valence-electron chi connectivity index (χ1n) is 15.3. The Morgan fingerprint density at radius 2 is 1.55 bits per heavy atom. The average molecular weight is 603 g/mol. The van der Waals surface area contributed by atoms with Gasteiger partial charge in [0, 0.05) is 56.9 Å². The molecule has 234 valence electrons. The van der Waals surface area contributed by atoms with Crippen LogP contribution in [0.3, 0.4) is 0 Å². The molecule has 0 aliphatic carbocycles. The second kappa shape index (κ2) is 15.8. The van der Waals surface area contributed by atoms with Gasteiger partial charge in [-0.05, 0) is 35.7 Å². The first-order valence-corrected chi connectivity index (χ1v) is 15.3. The third-order valence-electron chi connectivity index (χ3n) is 7.93. The van der Waals surface area contributed by atoms with E-state index in [9.17, 15) is 14.7 Å². The van der Waals surface area contributed by atoms with Crippen molar-refractivity contribution in [2.75, 3.05) is 51.2 Å². The zero-order chi connectivity index (χ0) is 30.7. The number of rotatable bonds is 11. The highest BCUT2D eigenvalue weighted by Crippen LogP contribution is 2.38. The number of carbonyl (C=O) groups is 2. The number of amides is 2. The maximum Gasteiger partial charge on any atom is 0.325 e. The van der Waals surface area contributed by atoms with Gasteiger partial charge < -0.3 is 30.0 Å². The Bertz CT molecular complexity index is 1330. The molecule has 3 N–H and O–H groups in total. The molecule has 0 unspecified atom stereocenters. The first-order chi connectivity index (χ1) is 21.5. The molecule has 0 radical (unpaired) electrons. The van der Waals surface area contributed by atoms with Crippen LogP contribution in [0.1, 0.15) is 48.0 Å². The van der Waals surface area contributed by atoms with Crippen LogP contribution in [0.15, 0.2) is 78.9 Å². The first kappa shape index (κ1) is 31.6. The largest absolute Gasteiger partial charge is 0.465 e. The average Bonchev–Trinajstić information content (AvgIpc) is 3.05. The van der Waals surface area contributed by atoms with E-state index in [0.717, 1.165) is 62.4 Å². The maximum atomic E-state index is 12.2. The van der Waals surface area contributed by atoms with Crippen molar-refractivity contribution in [2.45, 2.75) is 45.0 Å². The van der Waals surface area contributed by atoms with Crippen molar-refractivity contribution < 1.29 is 28.9 Å². The summed E-state index contributed by atoms with van der Waals surface area (Å²) in [4.78, 5) is 28.7. The van der Waals surface area contributed by atoms with Gasteiger partial charge in [-0.3, -0.25) is 14.6 Å². The summed E-state index contributed by atoms with van der Waals surface area (Å²) in [6.45, 7) is 7.52. The van der Waals surface area contributed by atoms with Crippen molar-refractivity contribution in [1.29, 1.82) is 0 Å². The topological polar surface area (TPSA) is 113 Å². The van der Waals surface area contributed by atoms with E-state index in [0.29, 0.717) is 5.69 Å². The molecule has 2 fully saturated rings. The maximum absolute atomic E-state index is 12.2. The zero-order valence-corrected chi connectivity index (χ0v) is 25.2. The molecule has 3 atom stereocenters. The molecular formula is C34H42N4O6. The summed E-state index contributed by atoms with van der Waals surface area (Å²) in [6, 6.07) is 25.3. The monoisotopic (exact) mass is 602 g/mol. The van der Waals surface area contributed by atoms with Gasteiger partial charge in [0.2, 0.25) is 0 Å². The molecule has 2 aliphatic heterocycles. The minimum Gasteiger partial charge on any atom is -0.465 e. The molecule has 2 aliphatic rings. The molecule has 0 aromatic heterocycles. The smallest absolute Gasteiger partial charge is 0.325 e. The lowest BCUT2D eigenvalue weighted by molar-refractivity contribution is -0.253. The number of nitrogens with zero attached hydrogens (tertiary/aromatic N) is 2. The highest BCUT2D eigenvalue weighted by atomic mass is 16.7. The van der Waals surface area contributed by atoms with E-state index in [2.05, 4.69) is 50.8 Å². The van der Waals surface area contributed by atoms with Crippen LogP contribution in [0, 0.1) is 0 Å². The van der Waals surface area contributed by atoms with E-state index < -0.39 is 18.3 Å². The van der Waals surface area contributed by atoms with E-state index >= 15 is 0 Å². The van der Waals surface area contributed by atoms with Crippen molar-refractivity contribution in [3.63, 3.8) is 0 Å². The number of hydrogen-bond donors (Lipinski definition) is 3. The molecule has 0 saturated carbocycles. The van der Waals surface area contributed by atoms with Gasteiger partial charge in [0.1, 0.15) is 6.54 Å². The summed E-state index contributed by atoms with van der Waals surface area (Å²) in [5.74, 6) is -0.492. The van der Waals surface area contributed by atoms with Gasteiger partial charge in [0.25, 0.3) is 0 Å². The van der Waals surface area contributed by atoms with Crippen LogP contribution in [-0.4, -0.2) is 78.9 Å². The quantitative estimate of drug-likeness (QED) is 0.280. The summed E-state index contributed by atoms with van der Waals surface area (Å²) in [7, 11) is 0. The summed E-state index contributed by atoms with van der Waals surface area (Å²) in [5.41, 5.74) is 4.66. The molecular weight excluding hydrogens is 560 g/mol. The predicted molar refractivity (Wildman–Crippen MR) is 167 cm³/mol. The Labute approximate surface area is 258 Å². The lowest BCUT2D eigenvalue weighted by Crippen LogP contribution is -2.49. The van der Waals surface area contributed by atoms with Crippen LogP contribution in [0.25, 0.3) is 0 Å². The number of anilines is 1. The molecule has 0 bridgehead atoms. The molecule has 10 nitrogen and oxygen atoms in total. The number of aliphatic hydroxyl groups excluding tert-OH is 1. The predicted octanol–water partition coefficient (Wildman–Crippen LogP) is 4.23. The molecule has 44 heavy (non-hydrogen) atoms. The number of aliphatic hydroxyl groups is 1. The minimum absolute atomic E-state index is 0.00233. The minimum atomic E-state index is -0.581. The summed E-state index contributed by atoms with van der Waals surface area (Å²) in [6.07, 6.45) is -0.0671. The van der Waals surface area contributed by atoms with Crippen molar-refractivity contribution in [2.24, 2.45) is 0 Å². The third kappa shape index (κ3) is 9.10. The van der Waals surface area contributed by atoms with E-state index in [-0.39, 0.29) is 32.0 Å². The molecule has 5 rings (SSSR count). The van der Waals surface area contributed by atoms with Gasteiger partial charge >= 0.3 is 12.0 Å². The second-order valence-electron chi connectivity index (χ2n) is 11.1. The van der Waals surface area contributed by atoms with Crippen molar-refractivity contribution in [3.05, 3.63) is 101 Å². The third-order valence-corrected chi connectivity index (χ3v) is 7.93. The Hall–Kier alpha value is -3.80. The molecule has 2 saturated heterocycles. The normalized spacial score (nSPS) is 21.0. The molecule has 2 amide bonds. The fourth-order valence-electron chi connectivity index (χ4n) is 5.56. The number of urea groups is 1. The SMILES string of the molecule is CCOC(=O)CNC(=O)Nc1ccc([C@H]2O[C@@H](CN3CCN(Cc4ccccc4)CC3)C[C@@H](c3ccc(CO)cc3)O2)cc1. The highest BCUT2D eigenvalue weighted by Gasteiger charge is 2.33. The molecule has 10 heteroatoms. The molecule has 2 heterocycles. The molecule has 0 spiro atoms. The van der Waals surface area contributed by atoms with Gasteiger partial charge in [0.15, 0.2) is 6.29 Å². The summed E-state index contributed by atoms with van der Waals surface area (Å²) in [5, 5.41) is 14.7. The van der Waals surface area contributed by atoms with E-state index in [1.165, 1.54) is 5.56 Å². The lowest BCUT2D eigenvalue weighted by atomic mass is 9.99. The van der Waals surface area contributed by atoms with Crippen LogP contribution < -0.4 is 10.6 Å². The number of hydrogen-bond acceptors (Lipinski definition) is 8. The Morgan fingerprint density at radius 1 is 0.864 bits per heavy atom. The van der Waals surface area contributed by atoms with Gasteiger partial charge in [-0.2, -0.15) is 0 Å². The van der Waals surface area contributed by atoms with E-state index in [4.69, 9.17) is 14.2 Å². The number of benzene rings is 3. The Morgan fingerprint density at radius 3 is 2.23 bits per heavy atom. The van der Waals surface area contributed by atoms with Gasteiger partial charge in [0.05, 0.1) is 25.4 Å². The van der Waals surface area contributed by atoms with Crippen molar-refractivity contribution in [3.8, 4) is 0 Å². The van der Waals surface area contributed by atoms with Crippen molar-refractivity contribution in [1.82, 2.24) is 15.1 Å². The number of nitrogens with one attached hydrogen (secondary N) is 2. The summed E-state index contributed by atoms with van der Waals surface area (Å²) < 4.78 is 17.9. The summed E-state index contributed by atoms with van der Waals surface area (Å²) >= 11 is 0. The van der Waals surface area contributed by atoms with E-state index in [1.54, 1.807) is 19.1 Å². The molecule has 3 aromatic carbocycles. The second-order valence-corrected chi connectivity index (χ2v) is 11.1. The van der Waals surface area contributed by atoms with Crippen LogP contribution in [0.5, 0.6) is 0 Å².